The number of aliphatic carboxylic acids is 1. The van der Waals surface area contributed by atoms with Crippen LogP contribution in [0.4, 0.5) is 0 Å². The van der Waals surface area contributed by atoms with E-state index in [0.29, 0.717) is 5.56 Å². The molecule has 1 amide bonds. The maximum absolute atomic E-state index is 12.4. The molecule has 0 aromatic heterocycles. The number of unbranched alkanes of at least 4 members (excludes halogenated alkanes) is 3. The lowest BCUT2D eigenvalue weighted by atomic mass is 9.98. The Labute approximate surface area is 220 Å². The predicted octanol–water partition coefficient (Wildman–Crippen LogP) is 7.57. The molecule has 5 nitrogen and oxygen atoms in total. The van der Waals surface area contributed by atoms with Crippen LogP contribution in [0.3, 0.4) is 0 Å². The van der Waals surface area contributed by atoms with Gasteiger partial charge in [-0.3, -0.25) is 9.59 Å². The van der Waals surface area contributed by atoms with Gasteiger partial charge in [0.25, 0.3) is 5.91 Å². The van der Waals surface area contributed by atoms with Crippen LogP contribution >= 0.6 is 0 Å². The number of carbonyl (C=O) groups excluding carboxylic acids is 1. The van der Waals surface area contributed by atoms with Gasteiger partial charge in [-0.1, -0.05) is 68.1 Å². The largest absolute Gasteiger partial charge is 0.485 e. The summed E-state index contributed by atoms with van der Waals surface area (Å²) in [7, 11) is 0. The number of hydrogen-bond acceptors (Lipinski definition) is 3. The van der Waals surface area contributed by atoms with Gasteiger partial charge in [-0.15, -0.1) is 0 Å². The van der Waals surface area contributed by atoms with Gasteiger partial charge in [0.05, 0.1) is 6.42 Å². The molecule has 0 aliphatic rings. The molecule has 196 valence electrons. The summed E-state index contributed by atoms with van der Waals surface area (Å²) in [4.78, 5) is 23.1. The van der Waals surface area contributed by atoms with E-state index in [-0.39, 0.29) is 25.0 Å². The van der Waals surface area contributed by atoms with E-state index in [2.05, 4.69) is 69.4 Å². The molecule has 3 aromatic rings. The molecule has 0 aliphatic heterocycles. The van der Waals surface area contributed by atoms with E-state index in [9.17, 15) is 9.59 Å². The van der Waals surface area contributed by atoms with E-state index in [0.717, 1.165) is 41.7 Å². The van der Waals surface area contributed by atoms with Gasteiger partial charge in [0.15, 0.2) is 0 Å². The summed E-state index contributed by atoms with van der Waals surface area (Å²) < 4.78 is 6.68. The van der Waals surface area contributed by atoms with Crippen LogP contribution in [0.2, 0.25) is 0 Å². The van der Waals surface area contributed by atoms with E-state index in [4.69, 9.17) is 9.84 Å². The van der Waals surface area contributed by atoms with Crippen LogP contribution in [0.15, 0.2) is 60.7 Å². The van der Waals surface area contributed by atoms with Gasteiger partial charge >= 0.3 is 5.97 Å². The molecule has 0 fully saturated rings. The van der Waals surface area contributed by atoms with Crippen LogP contribution in [0.5, 0.6) is 5.75 Å². The number of benzene rings is 3. The molecule has 0 spiro atoms. The van der Waals surface area contributed by atoms with E-state index < -0.39 is 5.97 Å². The van der Waals surface area contributed by atoms with E-state index in [1.807, 2.05) is 12.1 Å². The standard InChI is InChI=1S/C32H39NO4/c1-5-6-7-8-9-29(26-14-16-27(17-15-26)32(36)33-19-18-30(34)35)37-31-23(3)20-28(21-24(31)4)25-12-10-22(2)11-13-25/h10-17,20-21,29H,5-9,18-19H2,1-4H3,(H,33,36)(H,34,35). The fraction of sp³-hybridized carbons (Fsp3) is 0.375. The van der Waals surface area contributed by atoms with Crippen molar-refractivity contribution in [3.05, 3.63) is 88.5 Å². The first-order valence-corrected chi connectivity index (χ1v) is 13.2. The Balaban J connectivity index is 1.80. The van der Waals surface area contributed by atoms with Gasteiger partial charge < -0.3 is 15.2 Å². The molecule has 0 heterocycles. The third-order valence-electron chi connectivity index (χ3n) is 6.59. The topological polar surface area (TPSA) is 75.6 Å². The number of nitrogens with one attached hydrogen (secondary N) is 1. The SMILES string of the molecule is CCCCCCC(Oc1c(C)cc(-c2ccc(C)cc2)cc1C)c1ccc(C(=O)NCCC(=O)O)cc1. The van der Waals surface area contributed by atoms with Crippen molar-refractivity contribution < 1.29 is 19.4 Å². The van der Waals surface area contributed by atoms with Crippen LogP contribution in [-0.4, -0.2) is 23.5 Å². The van der Waals surface area contributed by atoms with Crippen LogP contribution in [0, 0.1) is 20.8 Å². The van der Waals surface area contributed by atoms with Crippen molar-refractivity contribution in [1.82, 2.24) is 5.32 Å². The maximum atomic E-state index is 12.4. The Morgan fingerprint density at radius 2 is 1.51 bits per heavy atom. The summed E-state index contributed by atoms with van der Waals surface area (Å²) in [6, 6.07) is 20.4. The molecule has 1 unspecified atom stereocenters. The predicted molar refractivity (Wildman–Crippen MR) is 149 cm³/mol. The molecule has 0 radical (unpaired) electrons. The first-order valence-electron chi connectivity index (χ1n) is 13.2. The second kappa shape index (κ2) is 13.6. The lowest BCUT2D eigenvalue weighted by molar-refractivity contribution is -0.136. The van der Waals surface area contributed by atoms with Crippen molar-refractivity contribution in [1.29, 1.82) is 0 Å². The molecule has 0 saturated heterocycles. The Bertz CT molecular complexity index is 1160. The highest BCUT2D eigenvalue weighted by Crippen LogP contribution is 2.35. The highest BCUT2D eigenvalue weighted by atomic mass is 16.5. The minimum Gasteiger partial charge on any atom is -0.485 e. The van der Waals surface area contributed by atoms with E-state index in [1.165, 1.54) is 29.5 Å². The second-order valence-corrected chi connectivity index (χ2v) is 9.78. The van der Waals surface area contributed by atoms with Crippen molar-refractivity contribution in [2.75, 3.05) is 6.54 Å². The molecule has 0 aliphatic carbocycles. The third-order valence-corrected chi connectivity index (χ3v) is 6.59. The summed E-state index contributed by atoms with van der Waals surface area (Å²) in [6.07, 6.45) is 5.27. The maximum Gasteiger partial charge on any atom is 0.305 e. The average molecular weight is 502 g/mol. The van der Waals surface area contributed by atoms with Crippen molar-refractivity contribution in [3.63, 3.8) is 0 Å². The molecule has 0 saturated carbocycles. The highest BCUT2D eigenvalue weighted by molar-refractivity contribution is 5.94. The first-order chi connectivity index (χ1) is 17.8. The normalized spacial score (nSPS) is 11.7. The monoisotopic (exact) mass is 501 g/mol. The number of aryl methyl sites for hydroxylation is 3. The fourth-order valence-electron chi connectivity index (χ4n) is 4.48. The first kappa shape index (κ1) is 28.0. The van der Waals surface area contributed by atoms with Gasteiger partial charge in [0.1, 0.15) is 11.9 Å². The van der Waals surface area contributed by atoms with Gasteiger partial charge in [0, 0.05) is 12.1 Å². The molecule has 2 N–H and O–H groups in total. The van der Waals surface area contributed by atoms with Gasteiger partial charge in [-0.2, -0.15) is 0 Å². The zero-order chi connectivity index (χ0) is 26.8. The lowest BCUT2D eigenvalue weighted by Crippen LogP contribution is -2.26. The van der Waals surface area contributed by atoms with Crippen molar-refractivity contribution in [2.45, 2.75) is 72.3 Å². The van der Waals surface area contributed by atoms with Crippen LogP contribution in [-0.2, 0) is 4.79 Å². The lowest BCUT2D eigenvalue weighted by Gasteiger charge is -2.23. The quantitative estimate of drug-likeness (QED) is 0.237. The second-order valence-electron chi connectivity index (χ2n) is 9.78. The van der Waals surface area contributed by atoms with Crippen LogP contribution < -0.4 is 10.1 Å². The molecule has 1 atom stereocenters. The minimum absolute atomic E-state index is 0.0983. The smallest absolute Gasteiger partial charge is 0.305 e. The number of rotatable bonds is 13. The summed E-state index contributed by atoms with van der Waals surface area (Å²) >= 11 is 0. The highest BCUT2D eigenvalue weighted by Gasteiger charge is 2.18. The van der Waals surface area contributed by atoms with Gasteiger partial charge in [-0.05, 0) is 85.7 Å². The number of carboxylic acids is 1. The summed E-state index contributed by atoms with van der Waals surface area (Å²) in [5.41, 5.74) is 7.35. The average Bonchev–Trinajstić information content (AvgIpc) is 2.87. The van der Waals surface area contributed by atoms with Crippen LogP contribution in [0.25, 0.3) is 11.1 Å². The fourth-order valence-corrected chi connectivity index (χ4v) is 4.48. The Morgan fingerprint density at radius 1 is 0.865 bits per heavy atom. The number of amides is 1. The van der Waals surface area contributed by atoms with Crippen molar-refractivity contribution in [3.8, 4) is 16.9 Å². The summed E-state index contributed by atoms with van der Waals surface area (Å²) in [5, 5.41) is 11.4. The molecule has 0 bridgehead atoms. The van der Waals surface area contributed by atoms with Crippen molar-refractivity contribution in [2.24, 2.45) is 0 Å². The Morgan fingerprint density at radius 3 is 2.11 bits per heavy atom. The number of carboxylic acid groups (broad SMARTS) is 1. The molecular weight excluding hydrogens is 462 g/mol. The summed E-state index contributed by atoms with van der Waals surface area (Å²) in [6.45, 7) is 8.60. The van der Waals surface area contributed by atoms with E-state index >= 15 is 0 Å². The van der Waals surface area contributed by atoms with E-state index in [1.54, 1.807) is 12.1 Å². The molecule has 3 rings (SSSR count). The molecule has 37 heavy (non-hydrogen) atoms. The number of hydrogen-bond donors (Lipinski definition) is 2. The Hall–Kier alpha value is -3.60. The van der Waals surface area contributed by atoms with Gasteiger partial charge in [-0.25, -0.2) is 0 Å². The number of ether oxygens (including phenoxy) is 1. The minimum atomic E-state index is -0.934. The molecule has 5 heteroatoms. The summed E-state index contributed by atoms with van der Waals surface area (Å²) in [5.74, 6) is -0.297. The van der Waals surface area contributed by atoms with Crippen LogP contribution in [0.1, 0.15) is 84.2 Å². The Kier molecular flexibility index (Phi) is 10.3. The number of carbonyl (C=O) groups is 2. The zero-order valence-electron chi connectivity index (χ0n) is 22.5. The zero-order valence-corrected chi connectivity index (χ0v) is 22.5. The van der Waals surface area contributed by atoms with Gasteiger partial charge in [0.2, 0.25) is 0 Å². The van der Waals surface area contributed by atoms with Crippen molar-refractivity contribution >= 4 is 11.9 Å². The molecular formula is C32H39NO4. The third kappa shape index (κ3) is 8.21. The molecule has 3 aromatic carbocycles.